The molecule has 0 N–H and O–H groups in total. The molecule has 80 valence electrons. The molecule has 0 aliphatic carbocycles. The van der Waals surface area contributed by atoms with Crippen LogP contribution in [-0.4, -0.2) is 23.3 Å². The summed E-state index contributed by atoms with van der Waals surface area (Å²) in [6.45, 7) is 2.10. The van der Waals surface area contributed by atoms with Crippen LogP contribution in [0.25, 0.3) is 0 Å². The summed E-state index contributed by atoms with van der Waals surface area (Å²) in [7, 11) is 0. The van der Waals surface area contributed by atoms with E-state index < -0.39 is 0 Å². The van der Waals surface area contributed by atoms with Gasteiger partial charge >= 0.3 is 0 Å². The normalized spacial score (nSPS) is 20.6. The molecule has 3 nitrogen and oxygen atoms in total. The van der Waals surface area contributed by atoms with E-state index in [9.17, 15) is 9.59 Å². The number of carbonyl (C=O) groups is 2. The summed E-state index contributed by atoms with van der Waals surface area (Å²) >= 11 is 0. The highest BCUT2D eigenvalue weighted by Gasteiger charge is 2.17. The van der Waals surface area contributed by atoms with Crippen LogP contribution < -0.4 is 0 Å². The first-order valence-electron chi connectivity index (χ1n) is 5.53. The van der Waals surface area contributed by atoms with Crippen LogP contribution in [0.15, 0.2) is 0 Å². The molecule has 0 saturated carbocycles. The number of carbonyl (C=O) groups excluding carboxylic acids is 2. The molecule has 0 bridgehead atoms. The van der Waals surface area contributed by atoms with Crippen LogP contribution in [-0.2, 0) is 9.59 Å². The highest BCUT2D eigenvalue weighted by molar-refractivity contribution is 5.94. The molecule has 1 aliphatic heterocycles. The second kappa shape index (κ2) is 5.78. The molecule has 1 fully saturated rings. The van der Waals surface area contributed by atoms with Crippen molar-refractivity contribution >= 4 is 11.8 Å². The number of amides is 2. The lowest BCUT2D eigenvalue weighted by Gasteiger charge is -2.20. The van der Waals surface area contributed by atoms with E-state index in [0.29, 0.717) is 13.0 Å². The van der Waals surface area contributed by atoms with Gasteiger partial charge in [0.1, 0.15) is 0 Å². The fourth-order valence-corrected chi connectivity index (χ4v) is 1.85. The minimum absolute atomic E-state index is 0.0133. The van der Waals surface area contributed by atoms with Gasteiger partial charge in [0.05, 0.1) is 0 Å². The zero-order valence-corrected chi connectivity index (χ0v) is 8.92. The molecule has 3 heteroatoms. The lowest BCUT2D eigenvalue weighted by molar-refractivity contribution is -0.143. The molecule has 2 amide bonds. The minimum Gasteiger partial charge on any atom is -0.283 e. The zero-order valence-electron chi connectivity index (χ0n) is 8.92. The summed E-state index contributed by atoms with van der Waals surface area (Å²) in [4.78, 5) is 24.2. The Labute approximate surface area is 85.5 Å². The smallest absolute Gasteiger partial charge is 0.229 e. The van der Waals surface area contributed by atoms with Gasteiger partial charge in [0, 0.05) is 19.9 Å². The monoisotopic (exact) mass is 197 g/mol. The van der Waals surface area contributed by atoms with E-state index >= 15 is 0 Å². The van der Waals surface area contributed by atoms with Crippen LogP contribution in [0, 0.1) is 0 Å². The Balaban J connectivity index is 2.51. The molecule has 14 heavy (non-hydrogen) atoms. The third-order valence-corrected chi connectivity index (χ3v) is 2.70. The Morgan fingerprint density at radius 1 is 1.07 bits per heavy atom. The van der Waals surface area contributed by atoms with Gasteiger partial charge in [-0.1, -0.05) is 25.7 Å². The molecular weight excluding hydrogens is 178 g/mol. The van der Waals surface area contributed by atoms with Gasteiger partial charge in [-0.3, -0.25) is 14.5 Å². The number of rotatable bonds is 0. The van der Waals surface area contributed by atoms with Gasteiger partial charge in [0.25, 0.3) is 0 Å². The van der Waals surface area contributed by atoms with E-state index in [4.69, 9.17) is 0 Å². The molecule has 0 spiro atoms. The van der Waals surface area contributed by atoms with Crippen molar-refractivity contribution < 1.29 is 9.59 Å². The molecule has 0 radical (unpaired) electrons. The summed E-state index contributed by atoms with van der Waals surface area (Å²) < 4.78 is 0. The van der Waals surface area contributed by atoms with E-state index in [2.05, 4.69) is 0 Å². The molecule has 0 aromatic heterocycles. The largest absolute Gasteiger partial charge is 0.283 e. The van der Waals surface area contributed by atoms with Gasteiger partial charge in [-0.25, -0.2) is 0 Å². The Bertz CT molecular complexity index is 213. The number of hydrogen-bond acceptors (Lipinski definition) is 2. The highest BCUT2D eigenvalue weighted by atomic mass is 16.2. The molecule has 1 saturated heterocycles. The van der Waals surface area contributed by atoms with Crippen molar-refractivity contribution in [3.8, 4) is 0 Å². The summed E-state index contributed by atoms with van der Waals surface area (Å²) in [6, 6.07) is 0. The SMILES string of the molecule is CC(=O)N1CCCCCCCCC1=O. The summed E-state index contributed by atoms with van der Waals surface area (Å²) in [6.07, 6.45) is 7.16. The molecule has 0 aromatic carbocycles. The van der Waals surface area contributed by atoms with E-state index in [-0.39, 0.29) is 11.8 Å². The maximum absolute atomic E-state index is 11.6. The fourth-order valence-electron chi connectivity index (χ4n) is 1.85. The molecule has 1 aliphatic rings. The van der Waals surface area contributed by atoms with Gasteiger partial charge in [-0.15, -0.1) is 0 Å². The van der Waals surface area contributed by atoms with E-state index in [1.165, 1.54) is 24.7 Å². The van der Waals surface area contributed by atoms with E-state index in [1.807, 2.05) is 0 Å². The Hall–Kier alpha value is -0.860. The van der Waals surface area contributed by atoms with Gasteiger partial charge in [-0.05, 0) is 12.8 Å². The summed E-state index contributed by atoms with van der Waals surface area (Å²) in [5.41, 5.74) is 0. The maximum Gasteiger partial charge on any atom is 0.229 e. The van der Waals surface area contributed by atoms with Crippen molar-refractivity contribution in [2.24, 2.45) is 0 Å². The van der Waals surface area contributed by atoms with Crippen molar-refractivity contribution in [2.75, 3.05) is 6.54 Å². The lowest BCUT2D eigenvalue weighted by atomic mass is 10.1. The fraction of sp³-hybridized carbons (Fsp3) is 0.818. The van der Waals surface area contributed by atoms with Gasteiger partial charge < -0.3 is 0 Å². The highest BCUT2D eigenvalue weighted by Crippen LogP contribution is 2.12. The van der Waals surface area contributed by atoms with Gasteiger partial charge in [-0.2, -0.15) is 0 Å². The number of hydrogen-bond donors (Lipinski definition) is 0. The van der Waals surface area contributed by atoms with Gasteiger partial charge in [0.2, 0.25) is 11.8 Å². The van der Waals surface area contributed by atoms with Crippen LogP contribution in [0.1, 0.15) is 51.9 Å². The molecule has 0 aromatic rings. The van der Waals surface area contributed by atoms with Crippen molar-refractivity contribution in [3.63, 3.8) is 0 Å². The molecular formula is C11H19NO2. The van der Waals surface area contributed by atoms with Crippen LogP contribution >= 0.6 is 0 Å². The van der Waals surface area contributed by atoms with Crippen LogP contribution in [0.4, 0.5) is 0 Å². The van der Waals surface area contributed by atoms with Gasteiger partial charge in [0.15, 0.2) is 0 Å². The topological polar surface area (TPSA) is 37.4 Å². The Morgan fingerprint density at radius 2 is 1.64 bits per heavy atom. The zero-order chi connectivity index (χ0) is 10.4. The minimum atomic E-state index is -0.101. The van der Waals surface area contributed by atoms with Crippen LogP contribution in [0.2, 0.25) is 0 Å². The summed E-state index contributed by atoms with van der Waals surface area (Å²) in [5, 5.41) is 0. The number of nitrogens with zero attached hydrogens (tertiary/aromatic N) is 1. The van der Waals surface area contributed by atoms with Crippen molar-refractivity contribution in [1.82, 2.24) is 4.90 Å². The van der Waals surface area contributed by atoms with Crippen molar-refractivity contribution in [1.29, 1.82) is 0 Å². The number of imide groups is 1. The van der Waals surface area contributed by atoms with Crippen molar-refractivity contribution in [2.45, 2.75) is 51.9 Å². The van der Waals surface area contributed by atoms with E-state index in [1.54, 1.807) is 0 Å². The Morgan fingerprint density at radius 3 is 2.29 bits per heavy atom. The van der Waals surface area contributed by atoms with Crippen LogP contribution in [0.5, 0.6) is 0 Å². The predicted octanol–water partition coefficient (Wildman–Crippen LogP) is 2.11. The third-order valence-electron chi connectivity index (χ3n) is 2.70. The van der Waals surface area contributed by atoms with Crippen molar-refractivity contribution in [3.05, 3.63) is 0 Å². The second-order valence-corrected chi connectivity index (χ2v) is 3.94. The molecule has 0 unspecified atom stereocenters. The quantitative estimate of drug-likeness (QED) is 0.596. The second-order valence-electron chi connectivity index (χ2n) is 3.94. The molecule has 0 atom stereocenters. The first kappa shape index (κ1) is 11.2. The van der Waals surface area contributed by atoms with E-state index in [0.717, 1.165) is 25.7 Å². The summed E-state index contributed by atoms with van der Waals surface area (Å²) in [5.74, 6) is -0.0880. The first-order valence-corrected chi connectivity index (χ1v) is 5.53. The maximum atomic E-state index is 11.6. The standard InChI is InChI=1S/C11H19NO2/c1-10(13)12-9-7-5-3-2-4-6-8-11(12)14/h2-9H2,1H3. The Kier molecular flexibility index (Phi) is 4.63. The average Bonchev–Trinajstić information content (AvgIpc) is 2.15. The predicted molar refractivity (Wildman–Crippen MR) is 54.7 cm³/mol. The van der Waals surface area contributed by atoms with Crippen LogP contribution in [0.3, 0.4) is 0 Å². The molecule has 1 heterocycles. The lowest BCUT2D eigenvalue weighted by Crippen LogP contribution is -2.36. The molecule has 1 rings (SSSR count). The third kappa shape index (κ3) is 3.48. The first-order chi connectivity index (χ1) is 6.72. The average molecular weight is 197 g/mol.